The molecule has 7 heteroatoms. The van der Waals surface area contributed by atoms with Crippen molar-refractivity contribution in [3.8, 4) is 0 Å². The summed E-state index contributed by atoms with van der Waals surface area (Å²) in [6, 6.07) is 13.1. The van der Waals surface area contributed by atoms with Crippen LogP contribution in [0.25, 0.3) is 0 Å². The molecule has 0 spiro atoms. The van der Waals surface area contributed by atoms with E-state index >= 15 is 0 Å². The molecule has 37 heavy (non-hydrogen) atoms. The molecule has 2 aromatic carbocycles. The summed E-state index contributed by atoms with van der Waals surface area (Å²) in [6.07, 6.45) is 10.6. The van der Waals surface area contributed by atoms with E-state index in [1.807, 2.05) is 24.3 Å². The van der Waals surface area contributed by atoms with Crippen molar-refractivity contribution in [2.24, 2.45) is 17.8 Å². The zero-order valence-corrected chi connectivity index (χ0v) is 21.9. The lowest BCUT2D eigenvalue weighted by molar-refractivity contribution is -0.124. The molecule has 0 aliphatic heterocycles. The number of benzene rings is 2. The second-order valence-electron chi connectivity index (χ2n) is 11.5. The molecule has 2 N–H and O–H groups in total. The van der Waals surface area contributed by atoms with Gasteiger partial charge in [0.25, 0.3) is 5.91 Å². The zero-order chi connectivity index (χ0) is 25.4. The maximum atomic E-state index is 12.9. The largest absolute Gasteiger partial charge is 0.452 e. The van der Waals surface area contributed by atoms with E-state index in [-0.39, 0.29) is 29.7 Å². The fourth-order valence-electron chi connectivity index (χ4n) is 7.56. The van der Waals surface area contributed by atoms with Crippen LogP contribution in [0.1, 0.15) is 66.4 Å². The molecule has 0 atom stereocenters. The molecule has 0 saturated heterocycles. The van der Waals surface area contributed by atoms with Gasteiger partial charge in [-0.3, -0.25) is 9.59 Å². The first-order valence-electron chi connectivity index (χ1n) is 13.6. The molecule has 7 rings (SSSR count). The molecule has 5 aliphatic carbocycles. The maximum absolute atomic E-state index is 12.9. The molecule has 2 amide bonds. The lowest BCUT2D eigenvalue weighted by Crippen LogP contribution is -2.60. The minimum atomic E-state index is -0.561. The number of amides is 2. The lowest BCUT2D eigenvalue weighted by Gasteiger charge is -2.56. The highest BCUT2D eigenvalue weighted by atomic mass is 32.2. The second-order valence-corrected chi connectivity index (χ2v) is 12.5. The Kier molecular flexibility index (Phi) is 6.74. The molecule has 0 unspecified atom stereocenters. The Morgan fingerprint density at radius 3 is 2.35 bits per heavy atom. The third-order valence-corrected chi connectivity index (χ3v) is 9.70. The van der Waals surface area contributed by atoms with Gasteiger partial charge in [0.15, 0.2) is 6.61 Å². The summed E-state index contributed by atoms with van der Waals surface area (Å²) in [7, 11) is 0. The predicted molar refractivity (Wildman–Crippen MR) is 144 cm³/mol. The summed E-state index contributed by atoms with van der Waals surface area (Å²) in [6.45, 7) is -0.360. The van der Waals surface area contributed by atoms with E-state index in [1.54, 1.807) is 12.1 Å². The van der Waals surface area contributed by atoms with Crippen molar-refractivity contribution in [3.05, 3.63) is 59.2 Å². The zero-order valence-electron chi connectivity index (χ0n) is 21.1. The van der Waals surface area contributed by atoms with Crippen LogP contribution in [0.5, 0.6) is 0 Å². The minimum Gasteiger partial charge on any atom is -0.452 e. The molecule has 4 saturated carbocycles. The SMILES string of the molecule is O=C(COC(=O)c1ccccc1SCC(=O)NC12CC3CC(CC(C3)C1)C2)Nc1ccc2c(c1)CCC2. The van der Waals surface area contributed by atoms with Crippen molar-refractivity contribution >= 4 is 35.2 Å². The van der Waals surface area contributed by atoms with Crippen LogP contribution in [0.4, 0.5) is 5.69 Å². The number of hydrogen-bond acceptors (Lipinski definition) is 5. The normalized spacial score (nSPS) is 27.0. The summed E-state index contributed by atoms with van der Waals surface area (Å²) >= 11 is 1.35. The summed E-state index contributed by atoms with van der Waals surface area (Å²) < 4.78 is 5.33. The number of aryl methyl sites for hydroxylation is 2. The van der Waals surface area contributed by atoms with Gasteiger partial charge in [0.05, 0.1) is 11.3 Å². The number of fused-ring (bicyclic) bond motifs is 1. The number of rotatable bonds is 8. The van der Waals surface area contributed by atoms with E-state index in [0.29, 0.717) is 10.5 Å². The van der Waals surface area contributed by atoms with Gasteiger partial charge < -0.3 is 15.4 Å². The van der Waals surface area contributed by atoms with Crippen molar-refractivity contribution in [1.82, 2.24) is 5.32 Å². The molecule has 5 aliphatic rings. The summed E-state index contributed by atoms with van der Waals surface area (Å²) in [5.74, 6) is 1.67. The topological polar surface area (TPSA) is 84.5 Å². The summed E-state index contributed by atoms with van der Waals surface area (Å²) in [5.41, 5.74) is 3.69. The van der Waals surface area contributed by atoms with Gasteiger partial charge in [-0.15, -0.1) is 11.8 Å². The van der Waals surface area contributed by atoms with E-state index in [4.69, 9.17) is 4.74 Å². The number of carbonyl (C=O) groups is 3. The average Bonchev–Trinajstić information content (AvgIpc) is 3.33. The summed E-state index contributed by atoms with van der Waals surface area (Å²) in [5, 5.41) is 6.21. The van der Waals surface area contributed by atoms with E-state index < -0.39 is 5.97 Å². The molecule has 0 aromatic heterocycles. The van der Waals surface area contributed by atoms with Crippen LogP contribution in [0.15, 0.2) is 47.4 Å². The van der Waals surface area contributed by atoms with Gasteiger partial charge >= 0.3 is 5.97 Å². The third-order valence-electron chi connectivity index (χ3n) is 8.63. The number of nitrogens with one attached hydrogen (secondary N) is 2. The Morgan fingerprint density at radius 1 is 0.892 bits per heavy atom. The standard InChI is InChI=1S/C30H34N2O4S/c33-27(31-24-9-8-22-4-3-5-23(22)13-24)17-36-29(35)25-6-1-2-7-26(25)37-18-28(34)32-30-14-19-10-20(15-30)12-21(11-19)16-30/h1-2,6-9,13,19-21H,3-5,10-12,14-18H2,(H,31,33)(H,32,34). The molecule has 6 nitrogen and oxygen atoms in total. The van der Waals surface area contributed by atoms with Crippen LogP contribution in [0.3, 0.4) is 0 Å². The summed E-state index contributed by atoms with van der Waals surface area (Å²) in [4.78, 5) is 38.8. The molecular weight excluding hydrogens is 484 g/mol. The number of thioether (sulfide) groups is 1. The van der Waals surface area contributed by atoms with Gasteiger partial charge in [0, 0.05) is 16.1 Å². The fraction of sp³-hybridized carbons (Fsp3) is 0.500. The van der Waals surface area contributed by atoms with Crippen LogP contribution < -0.4 is 10.6 Å². The quantitative estimate of drug-likeness (QED) is 0.373. The smallest absolute Gasteiger partial charge is 0.339 e. The molecule has 2 aromatic rings. The predicted octanol–water partition coefficient (Wildman–Crippen LogP) is 5.15. The molecule has 4 bridgehead atoms. The van der Waals surface area contributed by atoms with E-state index in [2.05, 4.69) is 16.7 Å². The van der Waals surface area contributed by atoms with Crippen molar-refractivity contribution in [3.63, 3.8) is 0 Å². The van der Waals surface area contributed by atoms with Crippen molar-refractivity contribution in [1.29, 1.82) is 0 Å². The molecular formula is C30H34N2O4S. The number of anilines is 1. The number of esters is 1. The average molecular weight is 519 g/mol. The first-order chi connectivity index (χ1) is 17.9. The number of carbonyl (C=O) groups excluding carboxylic acids is 3. The minimum absolute atomic E-state index is 0.0168. The highest BCUT2D eigenvalue weighted by Gasteiger charge is 2.51. The molecule has 0 heterocycles. The van der Waals surface area contributed by atoms with Crippen molar-refractivity contribution < 1.29 is 19.1 Å². The fourth-order valence-corrected chi connectivity index (χ4v) is 8.40. The molecule has 4 fully saturated rings. The van der Waals surface area contributed by atoms with Crippen LogP contribution >= 0.6 is 11.8 Å². The van der Waals surface area contributed by atoms with Crippen molar-refractivity contribution in [2.45, 2.75) is 68.2 Å². The Hall–Kier alpha value is -2.80. The third kappa shape index (κ3) is 5.42. The van der Waals surface area contributed by atoms with Gasteiger partial charge in [0.1, 0.15) is 0 Å². The van der Waals surface area contributed by atoms with Gasteiger partial charge in [-0.1, -0.05) is 18.2 Å². The Bertz CT molecular complexity index is 1190. The van der Waals surface area contributed by atoms with Crippen LogP contribution in [-0.2, 0) is 27.2 Å². The highest BCUT2D eigenvalue weighted by molar-refractivity contribution is 8.00. The van der Waals surface area contributed by atoms with Gasteiger partial charge in [-0.2, -0.15) is 0 Å². The maximum Gasteiger partial charge on any atom is 0.339 e. The Morgan fingerprint density at radius 2 is 1.59 bits per heavy atom. The van der Waals surface area contributed by atoms with Gasteiger partial charge in [-0.25, -0.2) is 4.79 Å². The van der Waals surface area contributed by atoms with Gasteiger partial charge in [-0.05, 0) is 111 Å². The Balaban J connectivity index is 1.01. The van der Waals surface area contributed by atoms with E-state index in [0.717, 1.165) is 62.0 Å². The monoisotopic (exact) mass is 518 g/mol. The second kappa shape index (κ2) is 10.2. The lowest BCUT2D eigenvalue weighted by atomic mass is 9.53. The first kappa shape index (κ1) is 24.5. The first-order valence-corrected chi connectivity index (χ1v) is 14.5. The van der Waals surface area contributed by atoms with Crippen LogP contribution in [0.2, 0.25) is 0 Å². The Labute approximate surface area is 222 Å². The van der Waals surface area contributed by atoms with Gasteiger partial charge in [0.2, 0.25) is 5.91 Å². The van der Waals surface area contributed by atoms with E-state index in [1.165, 1.54) is 42.2 Å². The van der Waals surface area contributed by atoms with Crippen LogP contribution in [0, 0.1) is 17.8 Å². The number of hydrogen-bond donors (Lipinski definition) is 2. The molecule has 0 radical (unpaired) electrons. The number of ether oxygens (including phenoxy) is 1. The highest BCUT2D eigenvalue weighted by Crippen LogP contribution is 2.55. The van der Waals surface area contributed by atoms with E-state index in [9.17, 15) is 14.4 Å². The van der Waals surface area contributed by atoms with Crippen LogP contribution in [-0.4, -0.2) is 35.7 Å². The molecule has 194 valence electrons. The van der Waals surface area contributed by atoms with Crippen molar-refractivity contribution in [2.75, 3.05) is 17.7 Å².